The van der Waals surface area contributed by atoms with Gasteiger partial charge in [-0.05, 0) is 59.2 Å². The van der Waals surface area contributed by atoms with Crippen LogP contribution in [0, 0.1) is 0 Å². The van der Waals surface area contributed by atoms with Crippen LogP contribution >= 0.6 is 0 Å². The highest BCUT2D eigenvalue weighted by molar-refractivity contribution is 5.97. The molecule has 1 N–H and O–H groups in total. The van der Waals surface area contributed by atoms with E-state index in [0.717, 1.165) is 28.8 Å². The van der Waals surface area contributed by atoms with Gasteiger partial charge in [0.25, 0.3) is 0 Å². The first-order valence-electron chi connectivity index (χ1n) is 14.2. The van der Waals surface area contributed by atoms with E-state index in [0.29, 0.717) is 12.8 Å². The number of hydrogen-bond acceptors (Lipinski definition) is 5. The zero-order valence-corrected chi connectivity index (χ0v) is 23.2. The van der Waals surface area contributed by atoms with E-state index >= 15 is 0 Å². The van der Waals surface area contributed by atoms with Crippen LogP contribution in [0.15, 0.2) is 36.4 Å². The smallest absolute Gasteiger partial charge is 0.245 e. The zero-order valence-electron chi connectivity index (χ0n) is 23.2. The van der Waals surface area contributed by atoms with Crippen molar-refractivity contribution in [1.29, 1.82) is 0 Å². The molecule has 9 nitrogen and oxygen atoms in total. The van der Waals surface area contributed by atoms with Crippen molar-refractivity contribution in [2.75, 3.05) is 32.5 Å². The maximum Gasteiger partial charge on any atom is 0.245 e. The molecular formula is C31H33N5O4. The van der Waals surface area contributed by atoms with E-state index in [1.165, 1.54) is 11.1 Å². The number of likely N-dealkylation sites (N-methyl/N-ethyl adjacent to an activating group) is 2. The van der Waals surface area contributed by atoms with Gasteiger partial charge in [0, 0.05) is 36.7 Å². The Morgan fingerprint density at radius 2 is 1.32 bits per heavy atom. The third-order valence-corrected chi connectivity index (χ3v) is 10.9. The lowest BCUT2D eigenvalue weighted by atomic mass is 9.77. The standard InChI is InChI=1S/C31H33N5O4/c1-30-12-22-27(39)33(3)14-25(37)35(22)24(30)11-18-6-5-16(9-19(18)30)17-7-8-21-20(10-17)31(2)13-23-28(40)34(4)15-26(38)36(23)29(31)32-21/h5-10,22-24,29,32H,11-15H2,1-4H3/t22-,23-,24+,29-,30-,31-/m1/s1. The maximum absolute atomic E-state index is 13.0. The van der Waals surface area contributed by atoms with Gasteiger partial charge in [0.15, 0.2) is 0 Å². The largest absolute Gasteiger partial charge is 0.364 e. The number of amides is 4. The highest BCUT2D eigenvalue weighted by Crippen LogP contribution is 2.54. The molecule has 5 aliphatic heterocycles. The van der Waals surface area contributed by atoms with Crippen molar-refractivity contribution >= 4 is 29.3 Å². The van der Waals surface area contributed by atoms with Crippen molar-refractivity contribution in [3.05, 3.63) is 53.1 Å². The Kier molecular flexibility index (Phi) is 4.46. The van der Waals surface area contributed by atoms with Gasteiger partial charge >= 0.3 is 0 Å². The van der Waals surface area contributed by atoms with Gasteiger partial charge in [-0.25, -0.2) is 0 Å². The Morgan fingerprint density at radius 1 is 0.750 bits per heavy atom. The second-order valence-corrected chi connectivity index (χ2v) is 13.2. The normalized spacial score (nSPS) is 35.4. The van der Waals surface area contributed by atoms with Gasteiger partial charge in [-0.15, -0.1) is 0 Å². The highest BCUT2D eigenvalue weighted by Gasteiger charge is 2.61. The number of nitrogens with one attached hydrogen (secondary N) is 1. The quantitative estimate of drug-likeness (QED) is 0.596. The lowest BCUT2D eigenvalue weighted by Gasteiger charge is -2.37. The predicted molar refractivity (Wildman–Crippen MR) is 147 cm³/mol. The van der Waals surface area contributed by atoms with Gasteiger partial charge in [0.2, 0.25) is 23.6 Å². The van der Waals surface area contributed by atoms with Crippen molar-refractivity contribution in [3.63, 3.8) is 0 Å². The lowest BCUT2D eigenvalue weighted by molar-refractivity contribution is -0.154. The summed E-state index contributed by atoms with van der Waals surface area (Å²) in [4.78, 5) is 58.7. The Labute approximate surface area is 233 Å². The number of nitrogens with zero attached hydrogens (tertiary/aromatic N) is 4. The molecule has 206 valence electrons. The van der Waals surface area contributed by atoms with Crippen LogP contribution < -0.4 is 5.32 Å². The summed E-state index contributed by atoms with van der Waals surface area (Å²) in [7, 11) is 3.42. The number of fused-ring (bicyclic) bond motifs is 10. The molecule has 0 spiro atoms. The lowest BCUT2D eigenvalue weighted by Crippen LogP contribution is -2.59. The summed E-state index contributed by atoms with van der Waals surface area (Å²) in [6.45, 7) is 4.64. The van der Waals surface area contributed by atoms with Gasteiger partial charge in [-0.2, -0.15) is 0 Å². The molecule has 5 heterocycles. The van der Waals surface area contributed by atoms with E-state index in [-0.39, 0.29) is 65.8 Å². The SMILES string of the molecule is CN1CC(=O)N2[C@H](C[C@]3(C)c4cc(-c5ccc6c(c5)[C@@]5(C)C[C@@H]7C(=O)N(C)CC(=O)N7[C@H]5N6)ccc4C[C@H]23)C1=O. The summed E-state index contributed by atoms with van der Waals surface area (Å²) in [6.07, 6.45) is 1.77. The van der Waals surface area contributed by atoms with Gasteiger partial charge < -0.3 is 24.9 Å². The van der Waals surface area contributed by atoms with E-state index in [1.54, 1.807) is 28.8 Å². The molecule has 4 amide bonds. The monoisotopic (exact) mass is 539 g/mol. The van der Waals surface area contributed by atoms with Crippen LogP contribution in [0.3, 0.4) is 0 Å². The highest BCUT2D eigenvalue weighted by atomic mass is 16.2. The van der Waals surface area contributed by atoms with Crippen LogP contribution in [0.25, 0.3) is 11.1 Å². The first-order valence-corrected chi connectivity index (χ1v) is 14.2. The summed E-state index contributed by atoms with van der Waals surface area (Å²) in [5.74, 6) is 0.0719. The molecule has 40 heavy (non-hydrogen) atoms. The Bertz CT molecular complexity index is 1460. The number of rotatable bonds is 1. The molecule has 6 atom stereocenters. The van der Waals surface area contributed by atoms with Crippen molar-refractivity contribution in [2.45, 2.75) is 68.2 Å². The van der Waals surface area contributed by atoms with E-state index in [1.807, 2.05) is 4.90 Å². The molecular weight excluding hydrogens is 506 g/mol. The minimum absolute atomic E-state index is 0.000813. The zero-order chi connectivity index (χ0) is 27.9. The number of piperazine rings is 2. The Morgan fingerprint density at radius 3 is 2.02 bits per heavy atom. The number of anilines is 1. The molecule has 0 aromatic heterocycles. The average Bonchev–Trinajstić information content (AvgIpc) is 3.57. The second kappa shape index (κ2) is 7.44. The molecule has 2 aromatic rings. The van der Waals surface area contributed by atoms with Crippen LogP contribution in [-0.2, 0) is 36.4 Å². The van der Waals surface area contributed by atoms with Crippen LogP contribution in [0.5, 0.6) is 0 Å². The fourth-order valence-electron chi connectivity index (χ4n) is 8.81. The first-order chi connectivity index (χ1) is 19.0. The van der Waals surface area contributed by atoms with Crippen LogP contribution in [0.2, 0.25) is 0 Å². The predicted octanol–water partition coefficient (Wildman–Crippen LogP) is 1.69. The van der Waals surface area contributed by atoms with Gasteiger partial charge in [-0.3, -0.25) is 19.2 Å². The Hall–Kier alpha value is -3.88. The van der Waals surface area contributed by atoms with Crippen molar-refractivity contribution in [1.82, 2.24) is 19.6 Å². The van der Waals surface area contributed by atoms with Crippen molar-refractivity contribution < 1.29 is 19.2 Å². The number of carbonyl (C=O) groups is 4. The molecule has 1 aliphatic carbocycles. The van der Waals surface area contributed by atoms with E-state index in [2.05, 4.69) is 55.6 Å². The molecule has 0 saturated carbocycles. The summed E-state index contributed by atoms with van der Waals surface area (Å²) < 4.78 is 0. The van der Waals surface area contributed by atoms with Crippen molar-refractivity contribution in [2.24, 2.45) is 0 Å². The summed E-state index contributed by atoms with van der Waals surface area (Å²) in [5, 5.41) is 3.56. The third-order valence-electron chi connectivity index (χ3n) is 10.9. The molecule has 0 bridgehead atoms. The van der Waals surface area contributed by atoms with Gasteiger partial charge in [-0.1, -0.05) is 38.1 Å². The molecule has 0 unspecified atom stereocenters. The molecule has 2 aromatic carbocycles. The van der Waals surface area contributed by atoms with Crippen LogP contribution in [-0.4, -0.2) is 94.7 Å². The van der Waals surface area contributed by atoms with Crippen LogP contribution in [0.1, 0.15) is 43.4 Å². The third kappa shape index (κ3) is 2.78. The first kappa shape index (κ1) is 24.0. The Balaban J connectivity index is 1.15. The maximum atomic E-state index is 13.0. The minimum Gasteiger partial charge on any atom is -0.364 e. The van der Waals surface area contributed by atoms with Gasteiger partial charge in [0.1, 0.15) is 18.2 Å². The number of benzene rings is 2. The minimum atomic E-state index is -0.437. The molecule has 6 aliphatic rings. The fraction of sp³-hybridized carbons (Fsp3) is 0.484. The molecule has 4 saturated heterocycles. The van der Waals surface area contributed by atoms with E-state index in [4.69, 9.17) is 0 Å². The van der Waals surface area contributed by atoms with Gasteiger partial charge in [0.05, 0.1) is 13.1 Å². The number of hydrogen-bond donors (Lipinski definition) is 1. The fourth-order valence-corrected chi connectivity index (χ4v) is 8.81. The average molecular weight is 540 g/mol. The molecule has 8 rings (SSSR count). The van der Waals surface area contributed by atoms with E-state index in [9.17, 15) is 19.2 Å². The molecule has 4 fully saturated rings. The summed E-state index contributed by atoms with van der Waals surface area (Å²) in [5.41, 5.74) is 6.15. The van der Waals surface area contributed by atoms with E-state index < -0.39 is 6.04 Å². The summed E-state index contributed by atoms with van der Waals surface area (Å²) in [6, 6.07) is 12.2. The molecule has 0 radical (unpaired) electrons. The summed E-state index contributed by atoms with van der Waals surface area (Å²) >= 11 is 0. The van der Waals surface area contributed by atoms with Crippen molar-refractivity contribution in [3.8, 4) is 11.1 Å². The topological polar surface area (TPSA) is 93.3 Å². The molecule has 9 heteroatoms. The number of carbonyl (C=O) groups excluding carboxylic acids is 4. The second-order valence-electron chi connectivity index (χ2n) is 13.2. The van der Waals surface area contributed by atoms with Crippen LogP contribution in [0.4, 0.5) is 5.69 Å².